The maximum Gasteiger partial charge on any atom is 0.433 e. The lowest BCUT2D eigenvalue weighted by Crippen LogP contribution is -2.49. The monoisotopic (exact) mass is 1510 g/mol. The lowest BCUT2D eigenvalue weighted by molar-refractivity contribution is -0.141. The first-order chi connectivity index (χ1) is 48.5. The van der Waals surface area contributed by atoms with Crippen LogP contribution in [-0.4, -0.2) is 165 Å². The lowest BCUT2D eigenvalue weighted by Gasteiger charge is -2.39. The van der Waals surface area contributed by atoms with Gasteiger partial charge in [0.25, 0.3) is 17.4 Å². The number of hydrogen-bond acceptors (Lipinski definition) is 12. The third-order valence-corrected chi connectivity index (χ3v) is 21.3. The zero-order valence-corrected chi connectivity index (χ0v) is 61.8. The number of thioether (sulfide) groups is 1. The fraction of sp³-hybridized carbons (Fsp3) is 0.467. The fourth-order valence-corrected chi connectivity index (χ4v) is 15.0. The Labute approximate surface area is 624 Å². The van der Waals surface area contributed by atoms with Gasteiger partial charge in [0.2, 0.25) is 0 Å². The molecule has 8 aromatic rings. The van der Waals surface area contributed by atoms with E-state index in [4.69, 9.17) is 44.3 Å². The van der Waals surface area contributed by atoms with Gasteiger partial charge in [0.1, 0.15) is 29.5 Å². The second kappa shape index (κ2) is 38.5. The molecule has 1 aliphatic carbocycles. The van der Waals surface area contributed by atoms with Gasteiger partial charge in [-0.25, -0.2) is 9.18 Å². The van der Waals surface area contributed by atoms with Crippen LogP contribution >= 0.6 is 46.6 Å². The summed E-state index contributed by atoms with van der Waals surface area (Å²) in [6, 6.07) is 27.7. The fourth-order valence-electron chi connectivity index (χ4n) is 14.0. The molecule has 20 nitrogen and oxygen atoms in total. The molecule has 4 fully saturated rings. The van der Waals surface area contributed by atoms with Gasteiger partial charge in [-0.3, -0.25) is 24.6 Å². The van der Waals surface area contributed by atoms with E-state index in [-0.39, 0.29) is 72.1 Å². The summed E-state index contributed by atoms with van der Waals surface area (Å²) in [5, 5.41) is 28.1. The van der Waals surface area contributed by atoms with Gasteiger partial charge in [-0.15, -0.1) is 11.8 Å². The van der Waals surface area contributed by atoms with Gasteiger partial charge in [-0.2, -0.15) is 23.4 Å². The molecule has 12 rings (SSSR count). The molecule has 4 amide bonds. The van der Waals surface area contributed by atoms with Crippen molar-refractivity contribution in [2.75, 3.05) is 83.6 Å². The number of carbonyl (C=O) groups excluding carboxylic acids is 3. The van der Waals surface area contributed by atoms with Crippen molar-refractivity contribution in [1.29, 1.82) is 0 Å². The topological polar surface area (TPSA) is 281 Å². The molecule has 568 valence electrons. The van der Waals surface area contributed by atoms with Gasteiger partial charge in [-0.05, 0) is 198 Å². The number of hydrogen-bond donors (Lipinski definition) is 7. The van der Waals surface area contributed by atoms with Crippen LogP contribution in [0.15, 0.2) is 119 Å². The van der Waals surface area contributed by atoms with Crippen LogP contribution in [0, 0.1) is 43.3 Å². The predicted octanol–water partition coefficient (Wildman–Crippen LogP) is 15.0. The third kappa shape index (κ3) is 23.3. The number of likely N-dealkylation sites (tertiary alicyclic amines) is 3. The van der Waals surface area contributed by atoms with Crippen molar-refractivity contribution in [3.63, 3.8) is 0 Å². The largest absolute Gasteiger partial charge is 0.490 e. The standard InChI is InChI=1S/C27H32ClN3O3S.C27H34FN5O.C21H25Cl2F3N4O2.2H2O.5H2/c1-17(16-31-10-8-20(9-11-31)34-25-7-4-19(28)12-18(25)2)14-29-27(33)24-15-30-26(32)23-13-21(35-3)5-6-22(23)24;28-23-9-7-19(8-10-23)14-20-4-3-13-33(17-20)18-21-5-1-2-6-25(21)31-27(34)30-24-11-12-26-22(15-24)16-29-32-26;1-12(9-27-20(31)15-10-28-29-19(15)21(24,25)26)11-30-7-5-14(6-8-30)32-17-4-3-16(22)13(2)18(17)23;;;;;;;/h4-7,12-13,15,17,20H,8-11,14,16H2,1-3H3,(H,29,33)(H,30,32);7-12,15-16,20-21,25H,1-6,13-14,17-18H2,(H,29,32)(H2,30,31,34);3-4,10,12,14H,5-9,11H2,1-2H3,(H,27,31)(H,28,29);2*1H2;5*1H/t17-;20-,21-,25+;12-;;;;;;;/m101......./s1. The average molecular weight is 1520 g/mol. The highest BCUT2D eigenvalue weighted by Crippen LogP contribution is 2.36. The van der Waals surface area contributed by atoms with Crippen LogP contribution in [0.1, 0.15) is 128 Å². The van der Waals surface area contributed by atoms with Crippen molar-refractivity contribution < 1.29 is 59.5 Å². The third-order valence-electron chi connectivity index (χ3n) is 19.4. The quantitative estimate of drug-likeness (QED) is 0.0261. The number of benzene rings is 5. The number of fused-ring (bicyclic) bond motifs is 2. The molecule has 3 saturated heterocycles. The molecule has 0 bridgehead atoms. The number of rotatable bonds is 21. The number of ether oxygens (including phenoxy) is 2. The smallest absolute Gasteiger partial charge is 0.433 e. The lowest BCUT2D eigenvalue weighted by atomic mass is 9.83. The van der Waals surface area contributed by atoms with E-state index in [2.05, 4.69) is 63.2 Å². The molecule has 5 aromatic carbocycles. The van der Waals surface area contributed by atoms with Crippen LogP contribution in [0.4, 0.5) is 28.0 Å². The summed E-state index contributed by atoms with van der Waals surface area (Å²) in [5.41, 5.74) is 3.47. The number of halogens is 7. The average Bonchev–Trinajstić information content (AvgIpc) is 1.25. The molecule has 3 aromatic heterocycles. The molecule has 11 N–H and O–H groups in total. The summed E-state index contributed by atoms with van der Waals surface area (Å²) < 4.78 is 64.2. The van der Waals surface area contributed by atoms with Crippen LogP contribution in [0.2, 0.25) is 15.1 Å². The number of aromatic amines is 3. The minimum Gasteiger partial charge on any atom is -0.490 e. The van der Waals surface area contributed by atoms with E-state index in [1.54, 1.807) is 42.2 Å². The summed E-state index contributed by atoms with van der Waals surface area (Å²) >= 11 is 20.0. The van der Waals surface area contributed by atoms with Crippen LogP contribution in [0.25, 0.3) is 21.7 Å². The molecule has 28 heteroatoms. The highest BCUT2D eigenvalue weighted by molar-refractivity contribution is 7.98. The number of anilines is 1. The number of aryl methyl sites for hydroxylation is 1. The molecule has 0 radical (unpaired) electrons. The van der Waals surface area contributed by atoms with Crippen LogP contribution < -0.4 is 36.3 Å². The minimum absolute atomic E-state index is 0. The first kappa shape index (κ1) is 81.2. The Balaban J connectivity index is 0.000000407. The number of piperidine rings is 3. The zero-order valence-electron chi connectivity index (χ0n) is 58.7. The number of H-pyrrole nitrogens is 3. The van der Waals surface area contributed by atoms with Crippen molar-refractivity contribution >= 4 is 91.8 Å². The number of nitrogens with one attached hydrogen (secondary N) is 7. The normalized spacial score (nSPS) is 18.3. The Hall–Kier alpha value is -7.46. The molecule has 0 unspecified atom stereocenters. The number of pyridine rings is 1. The Kier molecular flexibility index (Phi) is 30.4. The van der Waals surface area contributed by atoms with Crippen LogP contribution in [-0.2, 0) is 12.6 Å². The van der Waals surface area contributed by atoms with E-state index in [9.17, 15) is 36.7 Å². The van der Waals surface area contributed by atoms with E-state index >= 15 is 0 Å². The van der Waals surface area contributed by atoms with Gasteiger partial charge in [-0.1, -0.05) is 79.7 Å². The van der Waals surface area contributed by atoms with Gasteiger partial charge in [0.05, 0.1) is 34.1 Å². The predicted molar refractivity (Wildman–Crippen MR) is 412 cm³/mol. The second-order valence-corrected chi connectivity index (χ2v) is 29.5. The maximum atomic E-state index is 13.2. The molecule has 1 saturated carbocycles. The van der Waals surface area contributed by atoms with Gasteiger partial charge in [0, 0.05) is 122 Å². The number of carbonyl (C=O) groups is 3. The molecular formula is C75H105Cl3F4N12O8S. The van der Waals surface area contributed by atoms with Crippen molar-refractivity contribution in [2.24, 2.45) is 23.7 Å². The Morgan fingerprint density at radius 3 is 2.01 bits per heavy atom. The SMILES string of the molecule is CSc1ccc2c(C(=O)NC[C@@H](C)CN3CCC(Oc4ccc(Cl)cc4C)CC3)c[nH]c(=O)c2c1.Cc1c(Cl)ccc(OC2CCN(C[C@H](C)CNC(=O)c3cn[nH]c3C(F)(F)F)CC2)c1Cl.O.O.O=C(Nc1ccc2[nH]ncc2c1)N[C@@H]1CCCC[C@H]1CN1CCC[C@@H](Cc2ccc(F)cc2)C1.[HH].[HH].[HH].[HH].[HH]. The van der Waals surface area contributed by atoms with Crippen molar-refractivity contribution in [3.8, 4) is 11.5 Å². The Morgan fingerprint density at radius 2 is 1.35 bits per heavy atom. The highest BCUT2D eigenvalue weighted by Gasteiger charge is 2.38. The van der Waals surface area contributed by atoms with Crippen molar-refractivity contribution in [3.05, 3.63) is 174 Å². The zero-order chi connectivity index (χ0) is 71.7. The van der Waals surface area contributed by atoms with Crippen molar-refractivity contribution in [2.45, 2.75) is 128 Å². The van der Waals surface area contributed by atoms with E-state index in [1.165, 1.54) is 31.0 Å². The van der Waals surface area contributed by atoms with Gasteiger partial charge in [0.15, 0.2) is 5.69 Å². The molecule has 4 aliphatic rings. The number of nitrogens with zero attached hydrogens (tertiary/aromatic N) is 5. The number of alkyl halides is 3. The summed E-state index contributed by atoms with van der Waals surface area (Å²) in [5.74, 6) is 1.84. The van der Waals surface area contributed by atoms with Crippen LogP contribution in [0.5, 0.6) is 11.5 Å². The molecule has 3 aliphatic heterocycles. The summed E-state index contributed by atoms with van der Waals surface area (Å²) in [6.45, 7) is 17.2. The Morgan fingerprint density at radius 1 is 0.709 bits per heavy atom. The number of urea groups is 1. The van der Waals surface area contributed by atoms with E-state index in [1.807, 2.05) is 98.9 Å². The Bertz CT molecular complexity index is 4160. The second-order valence-electron chi connectivity index (χ2n) is 27.4. The minimum atomic E-state index is -4.66. The molecule has 103 heavy (non-hydrogen) atoms. The summed E-state index contributed by atoms with van der Waals surface area (Å²) in [7, 11) is 0. The molecular weight excluding hydrogens is 1410 g/mol. The van der Waals surface area contributed by atoms with Crippen molar-refractivity contribution in [1.82, 2.24) is 56.0 Å². The summed E-state index contributed by atoms with van der Waals surface area (Å²) in [6.07, 6.45) is 13.3. The number of amides is 4. The maximum absolute atomic E-state index is 13.2. The van der Waals surface area contributed by atoms with Gasteiger partial charge >= 0.3 is 12.2 Å². The van der Waals surface area contributed by atoms with Gasteiger partial charge < -0.3 is 61.4 Å². The van der Waals surface area contributed by atoms with Crippen LogP contribution in [0.3, 0.4) is 0 Å². The molecule has 0 spiro atoms. The summed E-state index contributed by atoms with van der Waals surface area (Å²) in [4.78, 5) is 61.1. The molecule has 6 heterocycles. The van der Waals surface area contributed by atoms with E-state index < -0.39 is 23.3 Å². The first-order valence-corrected chi connectivity index (χ1v) is 37.2. The van der Waals surface area contributed by atoms with E-state index in [0.29, 0.717) is 63.0 Å². The van der Waals surface area contributed by atoms with E-state index in [0.717, 1.165) is 153 Å². The highest BCUT2D eigenvalue weighted by atomic mass is 35.5. The first-order valence-electron chi connectivity index (χ1n) is 34.8. The molecule has 5 atom stereocenters. The number of aromatic nitrogens is 5.